The summed E-state index contributed by atoms with van der Waals surface area (Å²) >= 11 is 6.02. The highest BCUT2D eigenvalue weighted by atomic mass is 35.5. The summed E-state index contributed by atoms with van der Waals surface area (Å²) in [4.78, 5) is 38.8. The van der Waals surface area contributed by atoms with Crippen LogP contribution >= 0.6 is 11.6 Å². The van der Waals surface area contributed by atoms with Gasteiger partial charge in [-0.2, -0.15) is 0 Å². The van der Waals surface area contributed by atoms with Gasteiger partial charge in [-0.3, -0.25) is 9.69 Å². The molecule has 1 fully saturated rings. The van der Waals surface area contributed by atoms with Gasteiger partial charge in [0.2, 0.25) is 5.91 Å². The van der Waals surface area contributed by atoms with Crippen LogP contribution < -0.4 is 10.1 Å². The maximum Gasteiger partial charge on any atom is 0.408 e. The lowest BCUT2D eigenvalue weighted by Crippen LogP contribution is -2.57. The van der Waals surface area contributed by atoms with E-state index in [1.54, 1.807) is 55.5 Å². The Kier molecular flexibility index (Phi) is 6.52. The Bertz CT molecular complexity index is 1150. The third-order valence-corrected chi connectivity index (χ3v) is 6.41. The van der Waals surface area contributed by atoms with Crippen molar-refractivity contribution in [2.75, 3.05) is 6.61 Å². The van der Waals surface area contributed by atoms with E-state index in [4.69, 9.17) is 21.1 Å². The fraction of sp³-hybridized carbons (Fsp3) is 0.320. The van der Waals surface area contributed by atoms with E-state index in [9.17, 15) is 19.5 Å². The number of nitrogens with one attached hydrogen (secondary N) is 1. The number of amides is 2. The number of ether oxygens (including phenoxy) is 2. The molecule has 1 aliphatic carbocycles. The van der Waals surface area contributed by atoms with Crippen molar-refractivity contribution in [1.82, 2.24) is 10.2 Å². The molecule has 2 aliphatic rings. The minimum atomic E-state index is -1.22. The van der Waals surface area contributed by atoms with Crippen molar-refractivity contribution < 1.29 is 29.0 Å². The molecule has 4 rings (SSSR count). The molecule has 0 saturated heterocycles. The zero-order valence-corrected chi connectivity index (χ0v) is 19.4. The number of esters is 1. The van der Waals surface area contributed by atoms with Crippen molar-refractivity contribution >= 4 is 29.6 Å². The molecule has 2 aromatic rings. The van der Waals surface area contributed by atoms with Gasteiger partial charge in [-0.05, 0) is 54.8 Å². The number of halogens is 1. The molecule has 0 spiro atoms. The molecular weight excluding hydrogens is 460 g/mol. The first kappa shape index (κ1) is 23.6. The molecule has 1 aliphatic heterocycles. The van der Waals surface area contributed by atoms with Crippen LogP contribution in [0.2, 0.25) is 5.02 Å². The van der Waals surface area contributed by atoms with Crippen LogP contribution in [0, 0.1) is 5.92 Å². The number of carbonyl (C=O) groups is 3. The van der Waals surface area contributed by atoms with Crippen molar-refractivity contribution in [1.29, 1.82) is 0 Å². The van der Waals surface area contributed by atoms with Gasteiger partial charge < -0.3 is 19.9 Å². The molecule has 1 saturated carbocycles. The SMILES string of the molecule is C=C[C@@H]1C[C@]1(NC(=O)C1Cc2cc(Oc3cccc(Cl)c3)ccc2CN1C(=O)O)C(=O)OCC. The van der Waals surface area contributed by atoms with Crippen molar-refractivity contribution in [2.45, 2.75) is 37.9 Å². The van der Waals surface area contributed by atoms with Crippen molar-refractivity contribution in [3.8, 4) is 11.5 Å². The van der Waals surface area contributed by atoms with Crippen LogP contribution in [0.15, 0.2) is 55.1 Å². The van der Waals surface area contributed by atoms with Crippen molar-refractivity contribution in [2.24, 2.45) is 5.92 Å². The first-order chi connectivity index (χ1) is 16.3. The number of carbonyl (C=O) groups excluding carboxylic acids is 2. The Hall–Kier alpha value is -3.52. The molecule has 2 amide bonds. The zero-order valence-electron chi connectivity index (χ0n) is 18.6. The predicted molar refractivity (Wildman–Crippen MR) is 125 cm³/mol. The predicted octanol–water partition coefficient (Wildman–Crippen LogP) is 4.16. The molecule has 1 unspecified atom stereocenters. The summed E-state index contributed by atoms with van der Waals surface area (Å²) in [5, 5.41) is 13.1. The second-order valence-corrected chi connectivity index (χ2v) is 8.78. The van der Waals surface area contributed by atoms with E-state index in [2.05, 4.69) is 11.9 Å². The monoisotopic (exact) mass is 484 g/mol. The summed E-state index contributed by atoms with van der Waals surface area (Å²) < 4.78 is 11.0. The third-order valence-electron chi connectivity index (χ3n) is 6.17. The topological polar surface area (TPSA) is 105 Å². The van der Waals surface area contributed by atoms with E-state index in [0.717, 1.165) is 16.0 Å². The molecule has 2 N–H and O–H groups in total. The smallest absolute Gasteiger partial charge is 0.408 e. The van der Waals surface area contributed by atoms with Crippen LogP contribution in [0.1, 0.15) is 24.5 Å². The average Bonchev–Trinajstić information content (AvgIpc) is 3.52. The van der Waals surface area contributed by atoms with Crippen LogP contribution in [0.4, 0.5) is 4.79 Å². The molecule has 2 aromatic carbocycles. The van der Waals surface area contributed by atoms with Gasteiger partial charge in [0, 0.05) is 17.4 Å². The molecule has 0 aromatic heterocycles. The minimum absolute atomic E-state index is 0.0392. The number of hydrogen-bond donors (Lipinski definition) is 2. The van der Waals surface area contributed by atoms with Crippen LogP contribution in [0.5, 0.6) is 11.5 Å². The maximum absolute atomic E-state index is 13.3. The van der Waals surface area contributed by atoms with Gasteiger partial charge in [0.15, 0.2) is 0 Å². The molecule has 0 radical (unpaired) electrons. The van der Waals surface area contributed by atoms with Gasteiger partial charge in [0.05, 0.1) is 13.2 Å². The third kappa shape index (κ3) is 4.59. The Morgan fingerprint density at radius 3 is 2.65 bits per heavy atom. The molecular formula is C25H25ClN2O6. The summed E-state index contributed by atoms with van der Waals surface area (Å²) in [6.45, 7) is 5.62. The summed E-state index contributed by atoms with van der Waals surface area (Å²) in [7, 11) is 0. The van der Waals surface area contributed by atoms with E-state index < -0.39 is 29.6 Å². The number of fused-ring (bicyclic) bond motifs is 1. The quantitative estimate of drug-likeness (QED) is 0.451. The van der Waals surface area contributed by atoms with Crippen LogP contribution in [0.3, 0.4) is 0 Å². The Morgan fingerprint density at radius 2 is 2.00 bits per heavy atom. The number of carboxylic acid groups (broad SMARTS) is 1. The second-order valence-electron chi connectivity index (χ2n) is 8.35. The highest BCUT2D eigenvalue weighted by Gasteiger charge is 2.61. The van der Waals surface area contributed by atoms with E-state index in [1.807, 2.05) is 0 Å². The summed E-state index contributed by atoms with van der Waals surface area (Å²) in [6, 6.07) is 11.3. The van der Waals surface area contributed by atoms with Gasteiger partial charge in [-0.15, -0.1) is 6.58 Å². The Balaban J connectivity index is 1.56. The van der Waals surface area contributed by atoms with Gasteiger partial charge in [0.25, 0.3) is 0 Å². The summed E-state index contributed by atoms with van der Waals surface area (Å²) in [5.74, 6) is -0.247. The van der Waals surface area contributed by atoms with E-state index in [-0.39, 0.29) is 25.5 Å². The average molecular weight is 485 g/mol. The van der Waals surface area contributed by atoms with Crippen molar-refractivity contribution in [3.05, 3.63) is 71.3 Å². The molecule has 178 valence electrons. The number of hydrogen-bond acceptors (Lipinski definition) is 5. The first-order valence-corrected chi connectivity index (χ1v) is 11.3. The standard InChI is InChI=1S/C25H25ClN2O6/c1-3-17-13-25(17,23(30)33-4-2)27-22(29)21-11-16-10-20(34-19-7-5-6-18(26)12-19)9-8-15(16)14-28(21)24(31)32/h3,5-10,12,17,21H,1,4,11,13-14H2,2H3,(H,27,29)(H,31,32)/t17-,21?,25-/m1/s1. The molecule has 3 atom stereocenters. The van der Waals surface area contributed by atoms with Crippen molar-refractivity contribution in [3.63, 3.8) is 0 Å². The fourth-order valence-corrected chi connectivity index (χ4v) is 4.47. The van der Waals surface area contributed by atoms with Crippen LogP contribution in [-0.2, 0) is 27.3 Å². The lowest BCUT2D eigenvalue weighted by Gasteiger charge is -2.35. The molecule has 0 bridgehead atoms. The summed E-state index contributed by atoms with van der Waals surface area (Å²) in [5.41, 5.74) is 0.371. The summed E-state index contributed by atoms with van der Waals surface area (Å²) in [6.07, 6.45) is 0.890. The first-order valence-electron chi connectivity index (χ1n) is 10.9. The second kappa shape index (κ2) is 9.38. The minimum Gasteiger partial charge on any atom is -0.465 e. The van der Waals surface area contributed by atoms with Gasteiger partial charge >= 0.3 is 12.1 Å². The lowest BCUT2D eigenvalue weighted by molar-refractivity contribution is -0.149. The maximum atomic E-state index is 13.3. The lowest BCUT2D eigenvalue weighted by atomic mass is 9.93. The van der Waals surface area contributed by atoms with Gasteiger partial charge in [-0.1, -0.05) is 29.8 Å². The zero-order chi connectivity index (χ0) is 24.5. The highest BCUT2D eigenvalue weighted by molar-refractivity contribution is 6.30. The largest absolute Gasteiger partial charge is 0.465 e. The van der Waals surface area contributed by atoms with Gasteiger partial charge in [0.1, 0.15) is 23.1 Å². The molecule has 34 heavy (non-hydrogen) atoms. The molecule has 8 nitrogen and oxygen atoms in total. The van der Waals surface area contributed by atoms with E-state index >= 15 is 0 Å². The Labute approximate surface area is 202 Å². The Morgan fingerprint density at radius 1 is 1.24 bits per heavy atom. The van der Waals surface area contributed by atoms with Crippen LogP contribution in [-0.4, -0.2) is 46.2 Å². The normalized spacial score (nSPS) is 22.8. The van der Waals surface area contributed by atoms with E-state index in [0.29, 0.717) is 22.9 Å². The highest BCUT2D eigenvalue weighted by Crippen LogP contribution is 2.45. The van der Waals surface area contributed by atoms with Crippen LogP contribution in [0.25, 0.3) is 0 Å². The fourth-order valence-electron chi connectivity index (χ4n) is 4.29. The number of rotatable bonds is 7. The van der Waals surface area contributed by atoms with Gasteiger partial charge in [-0.25, -0.2) is 9.59 Å². The van der Waals surface area contributed by atoms with E-state index in [1.165, 1.54) is 0 Å². The molecule has 9 heteroatoms. The number of nitrogens with zero attached hydrogens (tertiary/aromatic N) is 1. The number of benzene rings is 2. The molecule has 1 heterocycles.